The molecule has 0 saturated carbocycles. The average Bonchev–Trinajstić information content (AvgIpc) is 2.94. The normalized spacial score (nSPS) is 15.2. The Morgan fingerprint density at radius 3 is 2.33 bits per heavy atom. The van der Waals surface area contributed by atoms with Gasteiger partial charge in [-0.25, -0.2) is 0 Å². The molecule has 0 radical (unpaired) electrons. The molecule has 1 aromatic rings. The van der Waals surface area contributed by atoms with Crippen LogP contribution in [-0.4, -0.2) is 12.6 Å². The molecular formula is C20H33N. The lowest BCUT2D eigenvalue weighted by Crippen LogP contribution is -2.33. The van der Waals surface area contributed by atoms with E-state index in [1.54, 1.807) is 5.56 Å². The molecule has 1 atom stereocenters. The second-order valence-corrected chi connectivity index (χ2v) is 6.57. The highest BCUT2D eigenvalue weighted by Gasteiger charge is 2.24. The monoisotopic (exact) mass is 287 g/mol. The van der Waals surface area contributed by atoms with Gasteiger partial charge in [-0.3, -0.25) is 0 Å². The molecule has 0 N–H and O–H groups in total. The van der Waals surface area contributed by atoms with Crippen LogP contribution in [0, 0.1) is 0 Å². The average molecular weight is 287 g/mol. The van der Waals surface area contributed by atoms with Gasteiger partial charge in [0.05, 0.1) is 0 Å². The van der Waals surface area contributed by atoms with E-state index in [1.165, 1.54) is 76.4 Å². The molecule has 0 saturated heterocycles. The summed E-state index contributed by atoms with van der Waals surface area (Å²) < 4.78 is 0. The molecule has 1 heterocycles. The molecule has 1 aromatic carbocycles. The summed E-state index contributed by atoms with van der Waals surface area (Å²) in [6, 6.07) is 9.82. The first-order valence-electron chi connectivity index (χ1n) is 9.21. The standard InChI is InChI=1S/C20H33N/c1-3-5-7-9-14-19(13-8-6-4-2)21-17-16-18-12-10-11-15-20(18)21/h10-12,15,19H,3-9,13-14,16-17H2,1-2H3. The van der Waals surface area contributed by atoms with Crippen LogP contribution in [0.25, 0.3) is 0 Å². The molecule has 1 heteroatoms. The van der Waals surface area contributed by atoms with Crippen molar-refractivity contribution in [1.29, 1.82) is 0 Å². The second kappa shape index (κ2) is 9.12. The fourth-order valence-electron chi connectivity index (χ4n) is 3.64. The van der Waals surface area contributed by atoms with Crippen molar-refractivity contribution in [2.45, 2.75) is 84.1 Å². The van der Waals surface area contributed by atoms with E-state index >= 15 is 0 Å². The summed E-state index contributed by atoms with van der Waals surface area (Å²) in [5.41, 5.74) is 3.08. The van der Waals surface area contributed by atoms with Gasteiger partial charge in [0.1, 0.15) is 0 Å². The van der Waals surface area contributed by atoms with Crippen molar-refractivity contribution >= 4 is 5.69 Å². The fraction of sp³-hybridized carbons (Fsp3) is 0.700. The Balaban J connectivity index is 1.94. The van der Waals surface area contributed by atoms with Crippen LogP contribution in [0.3, 0.4) is 0 Å². The maximum atomic E-state index is 2.72. The molecule has 118 valence electrons. The summed E-state index contributed by atoms with van der Waals surface area (Å²) >= 11 is 0. The number of nitrogens with zero attached hydrogens (tertiary/aromatic N) is 1. The maximum Gasteiger partial charge on any atom is 0.0402 e. The van der Waals surface area contributed by atoms with Gasteiger partial charge in [0.25, 0.3) is 0 Å². The minimum atomic E-state index is 0.775. The Morgan fingerprint density at radius 1 is 0.905 bits per heavy atom. The molecule has 21 heavy (non-hydrogen) atoms. The topological polar surface area (TPSA) is 3.24 Å². The van der Waals surface area contributed by atoms with Gasteiger partial charge < -0.3 is 4.90 Å². The molecule has 0 bridgehead atoms. The predicted octanol–water partition coefficient (Wildman–Crippen LogP) is 5.97. The van der Waals surface area contributed by atoms with Crippen LogP contribution in [0.15, 0.2) is 24.3 Å². The first kappa shape index (κ1) is 16.4. The summed E-state index contributed by atoms with van der Waals surface area (Å²) in [5.74, 6) is 0. The van der Waals surface area contributed by atoms with Gasteiger partial charge >= 0.3 is 0 Å². The van der Waals surface area contributed by atoms with Gasteiger partial charge in [-0.15, -0.1) is 0 Å². The summed E-state index contributed by atoms with van der Waals surface area (Å²) in [5, 5.41) is 0. The van der Waals surface area contributed by atoms with Gasteiger partial charge in [0.2, 0.25) is 0 Å². The van der Waals surface area contributed by atoms with E-state index in [4.69, 9.17) is 0 Å². The van der Waals surface area contributed by atoms with Crippen molar-refractivity contribution in [2.75, 3.05) is 11.4 Å². The summed E-state index contributed by atoms with van der Waals surface area (Å²) in [7, 11) is 0. The van der Waals surface area contributed by atoms with Gasteiger partial charge in [-0.2, -0.15) is 0 Å². The van der Waals surface area contributed by atoms with Crippen LogP contribution in [0.4, 0.5) is 5.69 Å². The van der Waals surface area contributed by atoms with Crippen LogP contribution in [0.2, 0.25) is 0 Å². The number of rotatable bonds is 10. The van der Waals surface area contributed by atoms with Crippen LogP contribution in [0.5, 0.6) is 0 Å². The number of hydrogen-bond donors (Lipinski definition) is 0. The first-order valence-corrected chi connectivity index (χ1v) is 9.21. The van der Waals surface area contributed by atoms with E-state index in [0.717, 1.165) is 6.04 Å². The third kappa shape index (κ3) is 4.76. The maximum absolute atomic E-state index is 2.72. The van der Waals surface area contributed by atoms with Gasteiger partial charge in [-0.1, -0.05) is 77.0 Å². The van der Waals surface area contributed by atoms with Crippen LogP contribution >= 0.6 is 0 Å². The van der Waals surface area contributed by atoms with Gasteiger partial charge in [0, 0.05) is 18.3 Å². The van der Waals surface area contributed by atoms with E-state index in [2.05, 4.69) is 43.0 Å². The van der Waals surface area contributed by atoms with Crippen molar-refractivity contribution in [2.24, 2.45) is 0 Å². The second-order valence-electron chi connectivity index (χ2n) is 6.57. The molecule has 1 nitrogen and oxygen atoms in total. The molecule has 0 fully saturated rings. The van der Waals surface area contributed by atoms with E-state index in [-0.39, 0.29) is 0 Å². The summed E-state index contributed by atoms with van der Waals surface area (Å²) in [6.45, 7) is 5.85. The predicted molar refractivity (Wildman–Crippen MR) is 94.2 cm³/mol. The van der Waals surface area contributed by atoms with Gasteiger partial charge in [-0.05, 0) is 30.9 Å². The highest BCUT2D eigenvalue weighted by atomic mass is 15.2. The largest absolute Gasteiger partial charge is 0.368 e. The molecular weight excluding hydrogens is 254 g/mol. The number of para-hydroxylation sites is 1. The summed E-state index contributed by atoms with van der Waals surface area (Å²) in [6.07, 6.45) is 13.7. The first-order chi connectivity index (χ1) is 10.4. The van der Waals surface area contributed by atoms with Crippen molar-refractivity contribution < 1.29 is 0 Å². The number of fused-ring (bicyclic) bond motifs is 1. The number of anilines is 1. The Bertz CT molecular complexity index is 399. The fourth-order valence-corrected chi connectivity index (χ4v) is 3.64. The Labute approximate surface area is 131 Å². The lowest BCUT2D eigenvalue weighted by Gasteiger charge is -2.31. The zero-order valence-corrected chi connectivity index (χ0v) is 14.1. The molecule has 0 amide bonds. The van der Waals surface area contributed by atoms with Gasteiger partial charge in [0.15, 0.2) is 0 Å². The van der Waals surface area contributed by atoms with Crippen LogP contribution < -0.4 is 4.90 Å². The van der Waals surface area contributed by atoms with E-state index in [0.29, 0.717) is 0 Å². The Hall–Kier alpha value is -0.980. The quantitative estimate of drug-likeness (QED) is 0.479. The number of unbranched alkanes of at least 4 members (excludes halogenated alkanes) is 5. The number of benzene rings is 1. The molecule has 0 spiro atoms. The summed E-state index contributed by atoms with van der Waals surface area (Å²) in [4.78, 5) is 2.72. The highest BCUT2D eigenvalue weighted by Crippen LogP contribution is 2.32. The molecule has 0 aromatic heterocycles. The van der Waals surface area contributed by atoms with Crippen molar-refractivity contribution in [3.05, 3.63) is 29.8 Å². The highest BCUT2D eigenvalue weighted by molar-refractivity contribution is 5.58. The zero-order valence-electron chi connectivity index (χ0n) is 14.1. The molecule has 2 rings (SSSR count). The minimum Gasteiger partial charge on any atom is -0.368 e. The SMILES string of the molecule is CCCCCCC(CCCCC)N1CCc2ccccc21. The van der Waals surface area contributed by atoms with Crippen LogP contribution in [-0.2, 0) is 6.42 Å². The third-order valence-corrected chi connectivity index (χ3v) is 4.90. The third-order valence-electron chi connectivity index (χ3n) is 4.90. The van der Waals surface area contributed by atoms with E-state index in [1.807, 2.05) is 0 Å². The molecule has 0 aliphatic carbocycles. The molecule has 1 aliphatic heterocycles. The van der Waals surface area contributed by atoms with E-state index < -0.39 is 0 Å². The minimum absolute atomic E-state index is 0.775. The van der Waals surface area contributed by atoms with E-state index in [9.17, 15) is 0 Å². The van der Waals surface area contributed by atoms with Crippen LogP contribution in [0.1, 0.15) is 77.2 Å². The lowest BCUT2D eigenvalue weighted by atomic mass is 10.00. The number of hydrogen-bond acceptors (Lipinski definition) is 1. The smallest absolute Gasteiger partial charge is 0.0402 e. The van der Waals surface area contributed by atoms with Crippen molar-refractivity contribution in [3.63, 3.8) is 0 Å². The van der Waals surface area contributed by atoms with Crippen molar-refractivity contribution in [1.82, 2.24) is 0 Å². The molecule has 1 unspecified atom stereocenters. The zero-order chi connectivity index (χ0) is 14.9. The lowest BCUT2D eigenvalue weighted by molar-refractivity contribution is 0.471. The molecule has 1 aliphatic rings. The Kier molecular flexibility index (Phi) is 7.12. The van der Waals surface area contributed by atoms with Crippen molar-refractivity contribution in [3.8, 4) is 0 Å². The Morgan fingerprint density at radius 2 is 1.57 bits per heavy atom.